The van der Waals surface area contributed by atoms with E-state index in [2.05, 4.69) is 26.5 Å². The highest BCUT2D eigenvalue weighted by molar-refractivity contribution is 7.13. The maximum atomic E-state index is 13.3. The summed E-state index contributed by atoms with van der Waals surface area (Å²) < 4.78 is 6.20. The zero-order valence-corrected chi connectivity index (χ0v) is 17.8. The molecule has 1 fully saturated rings. The summed E-state index contributed by atoms with van der Waals surface area (Å²) in [5.41, 5.74) is 2.75. The maximum Gasteiger partial charge on any atom is 0.232 e. The van der Waals surface area contributed by atoms with Gasteiger partial charge in [0.15, 0.2) is 0 Å². The van der Waals surface area contributed by atoms with E-state index < -0.39 is 5.41 Å². The Labute approximate surface area is 179 Å². The fraction of sp³-hybridized carbons (Fsp3) is 0.364. The van der Waals surface area contributed by atoms with Gasteiger partial charge >= 0.3 is 0 Å². The number of carbonyl (C=O) groups excluding carboxylic acids is 1. The van der Waals surface area contributed by atoms with E-state index in [1.807, 2.05) is 44.2 Å². The van der Waals surface area contributed by atoms with Crippen molar-refractivity contribution in [1.29, 1.82) is 0 Å². The highest BCUT2D eigenvalue weighted by atomic mass is 32.1. The van der Waals surface area contributed by atoms with Crippen LogP contribution in [-0.4, -0.2) is 34.2 Å². The number of carbonyl (C=O) groups is 1. The smallest absolute Gasteiger partial charge is 0.232 e. The van der Waals surface area contributed by atoms with Crippen LogP contribution in [0.15, 0.2) is 41.9 Å². The van der Waals surface area contributed by atoms with Crippen molar-refractivity contribution in [1.82, 2.24) is 15.2 Å². The number of rotatable bonds is 4. The Kier molecular flexibility index (Phi) is 4.66. The molecule has 2 aliphatic heterocycles. The van der Waals surface area contributed by atoms with Crippen LogP contribution in [-0.2, 0) is 4.79 Å². The third-order valence-electron chi connectivity index (χ3n) is 5.94. The molecule has 0 unspecified atom stereocenters. The standard InChI is InChI=1S/C22H23N5O2S/c1-22(2,20(28)25-21-26-23-13-30-21)18-14-7-3-4-8-16(14)29-19-15(18)9-10-17(24-19)27-11-5-6-12-27/h3-4,7-10,13,18H,5-6,11-12H2,1-2H3,(H,25,26,28)/t18-/m1/s1. The Morgan fingerprint density at radius 2 is 1.97 bits per heavy atom. The number of nitrogens with one attached hydrogen (secondary N) is 1. The number of benzene rings is 1. The number of anilines is 2. The van der Waals surface area contributed by atoms with Crippen molar-refractivity contribution >= 4 is 28.2 Å². The number of hydrogen-bond acceptors (Lipinski definition) is 7. The fourth-order valence-corrected chi connectivity index (χ4v) is 4.78. The normalized spacial score (nSPS) is 17.8. The number of aromatic nitrogens is 3. The second kappa shape index (κ2) is 7.36. The molecular weight excluding hydrogens is 398 g/mol. The Morgan fingerprint density at radius 3 is 2.73 bits per heavy atom. The zero-order valence-electron chi connectivity index (χ0n) is 17.0. The summed E-state index contributed by atoms with van der Waals surface area (Å²) in [5, 5.41) is 11.2. The molecule has 0 aliphatic carbocycles. The molecule has 2 aliphatic rings. The first kappa shape index (κ1) is 19.0. The van der Waals surface area contributed by atoms with Gasteiger partial charge in [0.2, 0.25) is 16.9 Å². The van der Waals surface area contributed by atoms with Gasteiger partial charge in [0.25, 0.3) is 0 Å². The molecule has 0 spiro atoms. The Bertz CT molecular complexity index is 1080. The summed E-state index contributed by atoms with van der Waals surface area (Å²) in [6.45, 7) is 5.94. The molecule has 1 atom stereocenters. The summed E-state index contributed by atoms with van der Waals surface area (Å²) in [6, 6.07) is 12.0. The minimum atomic E-state index is -0.767. The van der Waals surface area contributed by atoms with E-state index in [-0.39, 0.29) is 11.8 Å². The third kappa shape index (κ3) is 3.21. The van der Waals surface area contributed by atoms with Gasteiger partial charge in [-0.15, -0.1) is 10.2 Å². The molecule has 0 bridgehead atoms. The molecule has 30 heavy (non-hydrogen) atoms. The lowest BCUT2D eigenvalue weighted by molar-refractivity contribution is -0.124. The number of ether oxygens (including phenoxy) is 1. The Balaban J connectivity index is 1.56. The van der Waals surface area contributed by atoms with Gasteiger partial charge in [-0.3, -0.25) is 4.79 Å². The van der Waals surface area contributed by atoms with Crippen LogP contribution in [0.3, 0.4) is 0 Å². The molecule has 2 aromatic heterocycles. The molecule has 1 amide bonds. The van der Waals surface area contributed by atoms with Crippen LogP contribution in [0.5, 0.6) is 11.6 Å². The second-order valence-corrected chi connectivity index (χ2v) is 9.08. The van der Waals surface area contributed by atoms with Crippen molar-refractivity contribution in [2.75, 3.05) is 23.3 Å². The van der Waals surface area contributed by atoms with Crippen LogP contribution in [0.25, 0.3) is 0 Å². The molecule has 0 saturated carbocycles. The van der Waals surface area contributed by atoms with Gasteiger partial charge in [-0.2, -0.15) is 4.98 Å². The molecule has 8 heteroatoms. The number of fused-ring (bicyclic) bond motifs is 2. The van der Waals surface area contributed by atoms with Gasteiger partial charge in [-0.05, 0) is 31.0 Å². The average molecular weight is 422 g/mol. The molecule has 1 saturated heterocycles. The second-order valence-electron chi connectivity index (χ2n) is 8.25. The monoisotopic (exact) mass is 421 g/mol. The first-order valence-corrected chi connectivity index (χ1v) is 11.0. The van der Waals surface area contributed by atoms with Gasteiger partial charge in [0.1, 0.15) is 17.1 Å². The van der Waals surface area contributed by atoms with Crippen LogP contribution < -0.4 is 15.0 Å². The zero-order chi connectivity index (χ0) is 20.7. The van der Waals surface area contributed by atoms with Crippen LogP contribution in [0.4, 0.5) is 10.9 Å². The van der Waals surface area contributed by atoms with Gasteiger partial charge in [0, 0.05) is 30.1 Å². The van der Waals surface area contributed by atoms with E-state index in [0.717, 1.165) is 35.8 Å². The van der Waals surface area contributed by atoms with Crippen molar-refractivity contribution < 1.29 is 9.53 Å². The third-order valence-corrected chi connectivity index (χ3v) is 6.55. The topological polar surface area (TPSA) is 80.2 Å². The minimum absolute atomic E-state index is 0.115. The SMILES string of the molecule is CC(C)(C(=O)Nc1nncs1)[C@@H]1c2ccccc2Oc2nc(N3CCCC3)ccc21. The number of para-hydroxylation sites is 1. The summed E-state index contributed by atoms with van der Waals surface area (Å²) in [7, 11) is 0. The summed E-state index contributed by atoms with van der Waals surface area (Å²) in [4.78, 5) is 20.4. The molecule has 1 aromatic carbocycles. The summed E-state index contributed by atoms with van der Waals surface area (Å²) >= 11 is 1.30. The Morgan fingerprint density at radius 1 is 1.17 bits per heavy atom. The minimum Gasteiger partial charge on any atom is -0.438 e. The van der Waals surface area contributed by atoms with Crippen molar-refractivity contribution in [2.24, 2.45) is 5.41 Å². The number of pyridine rings is 1. The molecule has 154 valence electrons. The molecule has 5 rings (SSSR count). The molecule has 0 radical (unpaired) electrons. The van der Waals surface area contributed by atoms with Gasteiger partial charge in [-0.1, -0.05) is 43.4 Å². The van der Waals surface area contributed by atoms with Crippen molar-refractivity contribution in [3.8, 4) is 11.6 Å². The molecule has 4 heterocycles. The van der Waals surface area contributed by atoms with Gasteiger partial charge < -0.3 is 15.0 Å². The quantitative estimate of drug-likeness (QED) is 0.671. The molecular formula is C22H23N5O2S. The van der Waals surface area contributed by atoms with Gasteiger partial charge in [-0.25, -0.2) is 0 Å². The van der Waals surface area contributed by atoms with Crippen molar-refractivity contribution in [3.63, 3.8) is 0 Å². The lowest BCUT2D eigenvalue weighted by Gasteiger charge is -2.37. The van der Waals surface area contributed by atoms with E-state index in [1.54, 1.807) is 5.51 Å². The summed E-state index contributed by atoms with van der Waals surface area (Å²) in [6.07, 6.45) is 2.37. The van der Waals surface area contributed by atoms with Crippen molar-refractivity contribution in [2.45, 2.75) is 32.6 Å². The predicted octanol–water partition coefficient (Wildman–Crippen LogP) is 4.44. The van der Waals surface area contributed by atoms with Crippen LogP contribution in [0, 0.1) is 5.41 Å². The van der Waals surface area contributed by atoms with Crippen molar-refractivity contribution in [3.05, 3.63) is 53.0 Å². The highest BCUT2D eigenvalue weighted by Gasteiger charge is 2.44. The first-order chi connectivity index (χ1) is 14.5. The predicted molar refractivity (Wildman–Crippen MR) is 116 cm³/mol. The van der Waals surface area contributed by atoms with Crippen LogP contribution >= 0.6 is 11.3 Å². The number of amides is 1. The lowest BCUT2D eigenvalue weighted by atomic mass is 9.70. The largest absolute Gasteiger partial charge is 0.438 e. The Hall–Kier alpha value is -3.00. The molecule has 1 N–H and O–H groups in total. The maximum absolute atomic E-state index is 13.3. The summed E-state index contributed by atoms with van der Waals surface area (Å²) in [5.74, 6) is 1.94. The molecule has 7 nitrogen and oxygen atoms in total. The average Bonchev–Trinajstić information content (AvgIpc) is 3.45. The molecule has 3 aromatic rings. The van der Waals surface area contributed by atoms with Crippen LogP contribution in [0.1, 0.15) is 43.7 Å². The first-order valence-electron chi connectivity index (χ1n) is 10.1. The van der Waals surface area contributed by atoms with E-state index in [0.29, 0.717) is 11.0 Å². The van der Waals surface area contributed by atoms with E-state index >= 15 is 0 Å². The lowest BCUT2D eigenvalue weighted by Crippen LogP contribution is -2.38. The number of nitrogens with zero attached hydrogens (tertiary/aromatic N) is 4. The van der Waals surface area contributed by atoms with Crippen LogP contribution in [0.2, 0.25) is 0 Å². The fourth-order valence-electron chi connectivity index (χ4n) is 4.34. The van der Waals surface area contributed by atoms with E-state index in [9.17, 15) is 4.79 Å². The number of hydrogen-bond donors (Lipinski definition) is 1. The van der Waals surface area contributed by atoms with E-state index in [1.165, 1.54) is 24.2 Å². The van der Waals surface area contributed by atoms with E-state index in [4.69, 9.17) is 9.72 Å². The highest BCUT2D eigenvalue weighted by Crippen LogP contribution is 2.52. The van der Waals surface area contributed by atoms with Gasteiger partial charge in [0.05, 0.1) is 5.41 Å².